The number of hydrogen-bond acceptors (Lipinski definition) is 4. The summed E-state index contributed by atoms with van der Waals surface area (Å²) in [5, 5.41) is 3.18. The zero-order valence-corrected chi connectivity index (χ0v) is 13.9. The van der Waals surface area contributed by atoms with Gasteiger partial charge in [0.25, 0.3) is 0 Å². The number of nitrogens with one attached hydrogen (secondary N) is 1. The van der Waals surface area contributed by atoms with Crippen LogP contribution in [0.5, 0.6) is 0 Å². The fraction of sp³-hybridized carbons (Fsp3) is 0.938. The number of likely N-dealkylation sites (tertiary alicyclic amines) is 1. The normalized spacial score (nSPS) is 24.8. The fourth-order valence-corrected chi connectivity index (χ4v) is 3.16. The Bertz CT molecular complexity index is 332. The molecule has 0 aliphatic carbocycles. The smallest absolute Gasteiger partial charge is 0.188 e. The number of guanidine groups is 1. The molecule has 0 radical (unpaired) electrons. The largest absolute Gasteiger partial charge is 0.381 e. The van der Waals surface area contributed by atoms with Gasteiger partial charge in [-0.3, -0.25) is 9.89 Å². The van der Waals surface area contributed by atoms with Crippen molar-refractivity contribution >= 4 is 5.96 Å². The van der Waals surface area contributed by atoms with Gasteiger partial charge in [-0.05, 0) is 45.2 Å². The maximum Gasteiger partial charge on any atom is 0.188 e. The van der Waals surface area contributed by atoms with Gasteiger partial charge in [0.15, 0.2) is 5.96 Å². The van der Waals surface area contributed by atoms with E-state index in [-0.39, 0.29) is 0 Å². The molecule has 2 fully saturated rings. The van der Waals surface area contributed by atoms with Crippen molar-refractivity contribution in [2.24, 2.45) is 10.7 Å². The predicted molar refractivity (Wildman–Crippen MR) is 89.2 cm³/mol. The lowest BCUT2D eigenvalue weighted by atomic mass is 10.1. The summed E-state index contributed by atoms with van der Waals surface area (Å²) in [5.41, 5.74) is 5.93. The predicted octanol–water partition coefficient (Wildman–Crippen LogP) is 0.961. The zero-order valence-electron chi connectivity index (χ0n) is 13.9. The summed E-state index contributed by atoms with van der Waals surface area (Å²) in [6, 6.07) is 0.571. The first kappa shape index (κ1) is 17.5. The highest BCUT2D eigenvalue weighted by atomic mass is 16.5. The van der Waals surface area contributed by atoms with Gasteiger partial charge in [-0.1, -0.05) is 6.92 Å². The van der Waals surface area contributed by atoms with Crippen molar-refractivity contribution in [3.05, 3.63) is 0 Å². The molecule has 0 amide bonds. The molecule has 2 saturated heterocycles. The molecule has 0 aromatic carbocycles. The summed E-state index contributed by atoms with van der Waals surface area (Å²) in [6.45, 7) is 8.59. The number of nitrogens with two attached hydrogens (primary N) is 1. The highest BCUT2D eigenvalue weighted by Gasteiger charge is 2.22. The average molecular weight is 312 g/mol. The Morgan fingerprint density at radius 1 is 1.36 bits per heavy atom. The van der Waals surface area contributed by atoms with Crippen LogP contribution in [0.25, 0.3) is 0 Å². The Labute approximate surface area is 134 Å². The zero-order chi connectivity index (χ0) is 15.6. The molecule has 128 valence electrons. The molecule has 2 heterocycles. The molecule has 2 aliphatic heterocycles. The van der Waals surface area contributed by atoms with Crippen molar-refractivity contribution < 1.29 is 9.47 Å². The van der Waals surface area contributed by atoms with Crippen molar-refractivity contribution in [1.29, 1.82) is 0 Å². The summed E-state index contributed by atoms with van der Waals surface area (Å²) in [6.07, 6.45) is 5.90. The fourth-order valence-electron chi connectivity index (χ4n) is 3.16. The van der Waals surface area contributed by atoms with Crippen molar-refractivity contribution in [1.82, 2.24) is 10.2 Å². The molecule has 1 unspecified atom stereocenters. The van der Waals surface area contributed by atoms with E-state index >= 15 is 0 Å². The van der Waals surface area contributed by atoms with Crippen molar-refractivity contribution in [3.8, 4) is 0 Å². The third kappa shape index (κ3) is 6.10. The van der Waals surface area contributed by atoms with Crippen LogP contribution in [0.15, 0.2) is 4.99 Å². The number of rotatable bonds is 8. The molecule has 2 aliphatic rings. The SMILES string of the molecule is CCN1CCCC1CN=C(N)NCCCOC1CCOCC1. The number of aliphatic imine (C=N–C) groups is 1. The Balaban J connectivity index is 1.51. The molecular weight excluding hydrogens is 280 g/mol. The van der Waals surface area contributed by atoms with E-state index in [1.165, 1.54) is 19.4 Å². The Morgan fingerprint density at radius 3 is 2.95 bits per heavy atom. The van der Waals surface area contributed by atoms with Crippen LogP contribution in [-0.2, 0) is 9.47 Å². The molecule has 0 spiro atoms. The van der Waals surface area contributed by atoms with E-state index in [2.05, 4.69) is 22.1 Å². The molecule has 0 aromatic rings. The molecule has 1 atom stereocenters. The maximum absolute atomic E-state index is 5.93. The summed E-state index contributed by atoms with van der Waals surface area (Å²) < 4.78 is 11.1. The van der Waals surface area contributed by atoms with E-state index in [0.717, 1.165) is 58.7 Å². The lowest BCUT2D eigenvalue weighted by Gasteiger charge is -2.22. The second-order valence-corrected chi connectivity index (χ2v) is 6.11. The Morgan fingerprint density at radius 2 is 2.18 bits per heavy atom. The molecular formula is C16H32N4O2. The summed E-state index contributed by atoms with van der Waals surface area (Å²) in [5.74, 6) is 0.564. The van der Waals surface area contributed by atoms with E-state index in [0.29, 0.717) is 18.1 Å². The number of nitrogens with zero attached hydrogens (tertiary/aromatic N) is 2. The number of likely N-dealkylation sites (N-methyl/N-ethyl adjacent to an activating group) is 1. The van der Waals surface area contributed by atoms with Gasteiger partial charge in [0.2, 0.25) is 0 Å². The summed E-state index contributed by atoms with van der Waals surface area (Å²) >= 11 is 0. The van der Waals surface area contributed by atoms with Crippen LogP contribution in [0, 0.1) is 0 Å². The van der Waals surface area contributed by atoms with Gasteiger partial charge >= 0.3 is 0 Å². The average Bonchev–Trinajstić information content (AvgIpc) is 3.01. The van der Waals surface area contributed by atoms with Crippen molar-refractivity contribution in [2.45, 2.75) is 51.2 Å². The molecule has 0 bridgehead atoms. The standard InChI is InChI=1S/C16H32N4O2/c1-2-20-9-3-5-14(20)13-19-16(17)18-8-4-10-22-15-6-11-21-12-7-15/h14-15H,2-13H2,1H3,(H3,17,18,19). The van der Waals surface area contributed by atoms with Crippen LogP contribution >= 0.6 is 0 Å². The van der Waals surface area contributed by atoms with Crippen LogP contribution in [-0.4, -0.2) is 69.0 Å². The number of hydrogen-bond donors (Lipinski definition) is 2. The van der Waals surface area contributed by atoms with Crippen LogP contribution in [0.2, 0.25) is 0 Å². The van der Waals surface area contributed by atoms with E-state index < -0.39 is 0 Å². The third-order valence-corrected chi connectivity index (χ3v) is 4.53. The van der Waals surface area contributed by atoms with Gasteiger partial charge in [0.05, 0.1) is 12.6 Å². The minimum atomic E-state index is 0.377. The van der Waals surface area contributed by atoms with E-state index in [9.17, 15) is 0 Å². The first-order valence-electron chi connectivity index (χ1n) is 8.76. The van der Waals surface area contributed by atoms with Gasteiger partial charge in [-0.2, -0.15) is 0 Å². The third-order valence-electron chi connectivity index (χ3n) is 4.53. The maximum atomic E-state index is 5.93. The topological polar surface area (TPSA) is 72.1 Å². The van der Waals surface area contributed by atoms with Crippen LogP contribution in [0.4, 0.5) is 0 Å². The lowest BCUT2D eigenvalue weighted by Crippen LogP contribution is -2.36. The second kappa shape index (κ2) is 10.0. The van der Waals surface area contributed by atoms with Gasteiger partial charge in [0.1, 0.15) is 0 Å². The number of ether oxygens (including phenoxy) is 2. The van der Waals surface area contributed by atoms with Crippen molar-refractivity contribution in [3.63, 3.8) is 0 Å². The minimum absolute atomic E-state index is 0.377. The molecule has 0 aromatic heterocycles. The molecule has 6 heteroatoms. The summed E-state index contributed by atoms with van der Waals surface area (Å²) in [7, 11) is 0. The van der Waals surface area contributed by atoms with Gasteiger partial charge in [-0.15, -0.1) is 0 Å². The molecule has 6 nitrogen and oxygen atoms in total. The quantitative estimate of drug-likeness (QED) is 0.397. The van der Waals surface area contributed by atoms with Crippen molar-refractivity contribution in [2.75, 3.05) is 46.0 Å². The van der Waals surface area contributed by atoms with Crippen LogP contribution in [0.1, 0.15) is 39.0 Å². The Kier molecular flexibility index (Phi) is 7.98. The molecule has 2 rings (SSSR count). The highest BCUT2D eigenvalue weighted by molar-refractivity contribution is 5.77. The summed E-state index contributed by atoms with van der Waals surface area (Å²) in [4.78, 5) is 6.96. The highest BCUT2D eigenvalue weighted by Crippen LogP contribution is 2.16. The monoisotopic (exact) mass is 312 g/mol. The molecule has 22 heavy (non-hydrogen) atoms. The second-order valence-electron chi connectivity index (χ2n) is 6.11. The minimum Gasteiger partial charge on any atom is -0.381 e. The van der Waals surface area contributed by atoms with Gasteiger partial charge < -0.3 is 20.5 Å². The first-order chi connectivity index (χ1) is 10.8. The van der Waals surface area contributed by atoms with Crippen LogP contribution in [0.3, 0.4) is 0 Å². The lowest BCUT2D eigenvalue weighted by molar-refractivity contribution is -0.0320. The van der Waals surface area contributed by atoms with Crippen LogP contribution < -0.4 is 11.1 Å². The Hall–Kier alpha value is -0.850. The van der Waals surface area contributed by atoms with E-state index in [1.54, 1.807) is 0 Å². The van der Waals surface area contributed by atoms with E-state index in [4.69, 9.17) is 15.2 Å². The molecule has 0 saturated carbocycles. The van der Waals surface area contributed by atoms with Gasteiger partial charge in [0, 0.05) is 32.4 Å². The van der Waals surface area contributed by atoms with E-state index in [1.807, 2.05) is 0 Å². The molecule has 3 N–H and O–H groups in total. The van der Waals surface area contributed by atoms with Gasteiger partial charge in [-0.25, -0.2) is 0 Å². The first-order valence-corrected chi connectivity index (χ1v) is 8.76.